The van der Waals surface area contributed by atoms with Crippen LogP contribution in [0.1, 0.15) is 22.6 Å². The molecule has 2 aromatic heterocycles. The van der Waals surface area contributed by atoms with E-state index in [4.69, 9.17) is 5.73 Å². The van der Waals surface area contributed by atoms with Gasteiger partial charge in [-0.1, -0.05) is 35.9 Å². The van der Waals surface area contributed by atoms with Gasteiger partial charge in [-0.05, 0) is 43.2 Å². The number of hydrogen-bond donors (Lipinski definition) is 2. The maximum Gasteiger partial charge on any atom is 0.153 e. The molecule has 0 atom stereocenters. The standard InChI is InChI=1S/C17H19N3S/c1-12-7-9-13(10-8-12)16-15(19-20-17(16)18)6-2-4-14-5-3-11-21-14/h3,5,7-11H,2,4,6H2,1H3,(H3,18,19,20). The number of aromatic nitrogens is 2. The molecule has 3 aromatic rings. The summed E-state index contributed by atoms with van der Waals surface area (Å²) >= 11 is 1.81. The van der Waals surface area contributed by atoms with Crippen molar-refractivity contribution in [2.24, 2.45) is 0 Å². The first kappa shape index (κ1) is 13.9. The van der Waals surface area contributed by atoms with E-state index in [2.05, 4.69) is 58.9 Å². The summed E-state index contributed by atoms with van der Waals surface area (Å²) in [6, 6.07) is 12.7. The minimum absolute atomic E-state index is 0.588. The van der Waals surface area contributed by atoms with E-state index < -0.39 is 0 Å². The minimum atomic E-state index is 0.588. The molecule has 108 valence electrons. The Morgan fingerprint density at radius 3 is 2.67 bits per heavy atom. The molecule has 0 aliphatic heterocycles. The molecule has 0 unspecified atom stereocenters. The van der Waals surface area contributed by atoms with Crippen molar-refractivity contribution in [1.29, 1.82) is 0 Å². The number of aryl methyl sites for hydroxylation is 3. The molecule has 1 aromatic carbocycles. The summed E-state index contributed by atoms with van der Waals surface area (Å²) in [5, 5.41) is 9.41. The molecule has 0 aliphatic carbocycles. The maximum absolute atomic E-state index is 6.04. The molecule has 3 nitrogen and oxygen atoms in total. The van der Waals surface area contributed by atoms with Crippen molar-refractivity contribution < 1.29 is 0 Å². The van der Waals surface area contributed by atoms with Gasteiger partial charge in [0, 0.05) is 16.1 Å². The second-order valence-corrected chi connectivity index (χ2v) is 6.29. The summed E-state index contributed by atoms with van der Waals surface area (Å²) in [4.78, 5) is 1.43. The van der Waals surface area contributed by atoms with Crippen molar-refractivity contribution in [3.8, 4) is 11.1 Å². The van der Waals surface area contributed by atoms with Crippen LogP contribution in [0.15, 0.2) is 41.8 Å². The second kappa shape index (κ2) is 6.14. The normalized spacial score (nSPS) is 10.9. The lowest BCUT2D eigenvalue weighted by molar-refractivity contribution is 0.802. The van der Waals surface area contributed by atoms with Crippen LogP contribution in [-0.2, 0) is 12.8 Å². The molecular formula is C17H19N3S. The molecule has 0 saturated heterocycles. The number of nitrogens with two attached hydrogens (primary N) is 1. The summed E-state index contributed by atoms with van der Waals surface area (Å²) in [6.07, 6.45) is 3.16. The molecule has 0 saturated carbocycles. The van der Waals surface area contributed by atoms with Gasteiger partial charge in [-0.15, -0.1) is 11.3 Å². The predicted molar refractivity (Wildman–Crippen MR) is 89.5 cm³/mol. The third-order valence-electron chi connectivity index (χ3n) is 3.64. The van der Waals surface area contributed by atoms with Gasteiger partial charge < -0.3 is 5.73 Å². The first-order valence-electron chi connectivity index (χ1n) is 7.16. The number of rotatable bonds is 5. The minimum Gasteiger partial charge on any atom is -0.382 e. The Hall–Kier alpha value is -2.07. The lowest BCUT2D eigenvalue weighted by atomic mass is 10.0. The van der Waals surface area contributed by atoms with E-state index in [1.807, 2.05) is 11.3 Å². The van der Waals surface area contributed by atoms with Crippen LogP contribution < -0.4 is 5.73 Å². The highest BCUT2D eigenvalue weighted by molar-refractivity contribution is 7.09. The second-order valence-electron chi connectivity index (χ2n) is 5.26. The SMILES string of the molecule is Cc1ccc(-c2c(N)n[nH]c2CCCc2cccs2)cc1. The van der Waals surface area contributed by atoms with Crippen LogP contribution in [-0.4, -0.2) is 10.2 Å². The van der Waals surface area contributed by atoms with Crippen LogP contribution in [0.25, 0.3) is 11.1 Å². The number of thiophene rings is 1. The summed E-state index contributed by atoms with van der Waals surface area (Å²) in [6.45, 7) is 2.09. The van der Waals surface area contributed by atoms with Crippen LogP contribution in [0.4, 0.5) is 5.82 Å². The highest BCUT2D eigenvalue weighted by Crippen LogP contribution is 2.29. The third kappa shape index (κ3) is 3.16. The third-order valence-corrected chi connectivity index (χ3v) is 4.58. The van der Waals surface area contributed by atoms with Crippen molar-refractivity contribution in [3.63, 3.8) is 0 Å². The van der Waals surface area contributed by atoms with Gasteiger partial charge in [-0.3, -0.25) is 5.10 Å². The molecule has 3 N–H and O–H groups in total. The lowest BCUT2D eigenvalue weighted by Gasteiger charge is -2.05. The van der Waals surface area contributed by atoms with Crippen LogP contribution >= 0.6 is 11.3 Å². The van der Waals surface area contributed by atoms with Gasteiger partial charge in [-0.2, -0.15) is 5.10 Å². The van der Waals surface area contributed by atoms with Crippen LogP contribution in [0.2, 0.25) is 0 Å². The van der Waals surface area contributed by atoms with E-state index >= 15 is 0 Å². The van der Waals surface area contributed by atoms with E-state index in [0.717, 1.165) is 36.1 Å². The predicted octanol–water partition coefficient (Wildman–Crippen LogP) is 4.20. The Morgan fingerprint density at radius 2 is 1.95 bits per heavy atom. The molecule has 0 radical (unpaired) electrons. The van der Waals surface area contributed by atoms with Crippen molar-refractivity contribution >= 4 is 17.2 Å². The smallest absolute Gasteiger partial charge is 0.153 e. The molecule has 21 heavy (non-hydrogen) atoms. The zero-order valence-corrected chi connectivity index (χ0v) is 12.9. The largest absolute Gasteiger partial charge is 0.382 e. The molecule has 3 rings (SSSR count). The average Bonchev–Trinajstić information content (AvgIpc) is 3.11. The first-order valence-corrected chi connectivity index (χ1v) is 8.04. The Bertz CT molecular complexity index is 696. The summed E-state index contributed by atoms with van der Waals surface area (Å²) < 4.78 is 0. The number of H-pyrrole nitrogens is 1. The van der Waals surface area contributed by atoms with E-state index in [9.17, 15) is 0 Å². The summed E-state index contributed by atoms with van der Waals surface area (Å²) in [5.41, 5.74) is 10.6. The number of nitrogens with one attached hydrogen (secondary N) is 1. The maximum atomic E-state index is 6.04. The molecule has 0 bridgehead atoms. The Balaban J connectivity index is 1.75. The van der Waals surface area contributed by atoms with Gasteiger partial charge in [-0.25, -0.2) is 0 Å². The van der Waals surface area contributed by atoms with Crippen LogP contribution in [0.5, 0.6) is 0 Å². The van der Waals surface area contributed by atoms with E-state index in [0.29, 0.717) is 5.82 Å². The van der Waals surface area contributed by atoms with Crippen molar-refractivity contribution in [1.82, 2.24) is 10.2 Å². The van der Waals surface area contributed by atoms with Gasteiger partial charge in [0.25, 0.3) is 0 Å². The van der Waals surface area contributed by atoms with Gasteiger partial charge in [0.15, 0.2) is 5.82 Å². The van der Waals surface area contributed by atoms with Gasteiger partial charge in [0.1, 0.15) is 0 Å². The number of benzene rings is 1. The Kier molecular flexibility index (Phi) is 4.06. The highest BCUT2D eigenvalue weighted by Gasteiger charge is 2.12. The fraction of sp³-hybridized carbons (Fsp3) is 0.235. The fourth-order valence-corrected chi connectivity index (χ4v) is 3.26. The van der Waals surface area contributed by atoms with Gasteiger partial charge >= 0.3 is 0 Å². The fourth-order valence-electron chi connectivity index (χ4n) is 2.51. The Labute approximate surface area is 128 Å². The van der Waals surface area contributed by atoms with Gasteiger partial charge in [0.2, 0.25) is 0 Å². The van der Waals surface area contributed by atoms with Gasteiger partial charge in [0.05, 0.1) is 0 Å². The van der Waals surface area contributed by atoms with Crippen molar-refractivity contribution in [2.45, 2.75) is 26.2 Å². The van der Waals surface area contributed by atoms with Crippen LogP contribution in [0.3, 0.4) is 0 Å². The van der Waals surface area contributed by atoms with E-state index in [-0.39, 0.29) is 0 Å². The molecule has 4 heteroatoms. The molecule has 0 fully saturated rings. The lowest BCUT2D eigenvalue weighted by Crippen LogP contribution is -1.93. The highest BCUT2D eigenvalue weighted by atomic mass is 32.1. The topological polar surface area (TPSA) is 54.7 Å². The number of aromatic amines is 1. The number of hydrogen-bond acceptors (Lipinski definition) is 3. The zero-order chi connectivity index (χ0) is 14.7. The van der Waals surface area contributed by atoms with Crippen molar-refractivity contribution in [3.05, 3.63) is 57.9 Å². The number of anilines is 1. The summed E-state index contributed by atoms with van der Waals surface area (Å²) in [5.74, 6) is 0.588. The molecule has 0 amide bonds. The first-order chi connectivity index (χ1) is 10.2. The summed E-state index contributed by atoms with van der Waals surface area (Å²) in [7, 11) is 0. The molecule has 0 spiro atoms. The average molecular weight is 297 g/mol. The van der Waals surface area contributed by atoms with Crippen molar-refractivity contribution in [2.75, 3.05) is 5.73 Å². The van der Waals surface area contributed by atoms with Crippen LogP contribution in [0, 0.1) is 6.92 Å². The molecule has 2 heterocycles. The van der Waals surface area contributed by atoms with E-state index in [1.54, 1.807) is 0 Å². The quantitative estimate of drug-likeness (QED) is 0.741. The molecule has 0 aliphatic rings. The zero-order valence-electron chi connectivity index (χ0n) is 12.1. The Morgan fingerprint density at radius 1 is 1.14 bits per heavy atom. The monoisotopic (exact) mass is 297 g/mol. The molecular weight excluding hydrogens is 278 g/mol. The number of nitrogen functional groups attached to an aromatic ring is 1. The van der Waals surface area contributed by atoms with E-state index in [1.165, 1.54) is 10.4 Å². The number of nitrogens with zero attached hydrogens (tertiary/aromatic N) is 1.